The molecule has 1 saturated carbocycles. The third-order valence-corrected chi connectivity index (χ3v) is 4.55. The third-order valence-electron chi connectivity index (χ3n) is 4.25. The van der Waals surface area contributed by atoms with Gasteiger partial charge in [0.25, 0.3) is 5.91 Å². The van der Waals surface area contributed by atoms with E-state index in [0.717, 1.165) is 23.8 Å². The number of rotatable bonds is 5. The molecule has 1 unspecified atom stereocenters. The van der Waals surface area contributed by atoms with Gasteiger partial charge in [-0.2, -0.15) is 0 Å². The summed E-state index contributed by atoms with van der Waals surface area (Å²) in [5.41, 5.74) is 1.23. The molecule has 1 aliphatic rings. The van der Waals surface area contributed by atoms with Crippen LogP contribution in [0.5, 0.6) is 0 Å². The Kier molecular flexibility index (Phi) is 4.06. The SMILES string of the molecule is Cc1c(C(=O)N(CC(C)C(=O)O)C2CC2)oc2c(Cl)cccc12. The molecular weight excluding hydrogens is 318 g/mol. The summed E-state index contributed by atoms with van der Waals surface area (Å²) in [6, 6.07) is 5.49. The van der Waals surface area contributed by atoms with E-state index in [1.54, 1.807) is 17.9 Å². The number of carboxylic acid groups (broad SMARTS) is 1. The Hall–Kier alpha value is -2.01. The molecule has 0 spiro atoms. The first-order valence-corrected chi connectivity index (χ1v) is 7.99. The van der Waals surface area contributed by atoms with Crippen molar-refractivity contribution in [3.63, 3.8) is 0 Å². The topological polar surface area (TPSA) is 70.8 Å². The molecule has 2 aromatic rings. The van der Waals surface area contributed by atoms with Gasteiger partial charge in [0.1, 0.15) is 0 Å². The highest BCUT2D eigenvalue weighted by molar-refractivity contribution is 6.35. The van der Waals surface area contributed by atoms with Crippen molar-refractivity contribution in [3.05, 3.63) is 34.5 Å². The fraction of sp³-hybridized carbons (Fsp3) is 0.412. The number of amides is 1. The number of halogens is 1. The number of hydrogen-bond acceptors (Lipinski definition) is 3. The zero-order valence-corrected chi connectivity index (χ0v) is 13.8. The molecule has 0 bridgehead atoms. The Labute approximate surface area is 138 Å². The predicted molar refractivity (Wildman–Crippen MR) is 86.8 cm³/mol. The summed E-state index contributed by atoms with van der Waals surface area (Å²) in [5.74, 6) is -1.54. The summed E-state index contributed by atoms with van der Waals surface area (Å²) in [6.45, 7) is 3.61. The number of nitrogens with zero attached hydrogens (tertiary/aromatic N) is 1. The Bertz CT molecular complexity index is 778. The molecule has 6 heteroatoms. The number of aliphatic carboxylic acids is 1. The van der Waals surface area contributed by atoms with Gasteiger partial charge in [-0.05, 0) is 25.8 Å². The Balaban J connectivity index is 1.96. The molecule has 0 saturated heterocycles. The molecular formula is C17H18ClNO4. The van der Waals surface area contributed by atoms with Crippen molar-refractivity contribution in [2.45, 2.75) is 32.7 Å². The fourth-order valence-corrected chi connectivity index (χ4v) is 2.91. The summed E-state index contributed by atoms with van der Waals surface area (Å²) in [4.78, 5) is 25.6. The number of carbonyl (C=O) groups excluding carboxylic acids is 1. The van der Waals surface area contributed by atoms with Crippen LogP contribution in [0.25, 0.3) is 11.0 Å². The molecule has 3 rings (SSSR count). The zero-order chi connectivity index (χ0) is 16.7. The first kappa shape index (κ1) is 15.9. The van der Waals surface area contributed by atoms with Crippen molar-refractivity contribution in [3.8, 4) is 0 Å². The molecule has 1 aliphatic carbocycles. The van der Waals surface area contributed by atoms with E-state index in [-0.39, 0.29) is 24.3 Å². The summed E-state index contributed by atoms with van der Waals surface area (Å²) in [6.07, 6.45) is 1.80. The van der Waals surface area contributed by atoms with E-state index in [0.29, 0.717) is 10.6 Å². The number of hydrogen-bond donors (Lipinski definition) is 1. The Morgan fingerprint density at radius 3 is 2.70 bits per heavy atom. The summed E-state index contributed by atoms with van der Waals surface area (Å²) in [5, 5.41) is 10.4. The number of aryl methyl sites for hydroxylation is 1. The number of furan rings is 1. The minimum absolute atomic E-state index is 0.104. The van der Waals surface area contributed by atoms with Gasteiger partial charge in [-0.3, -0.25) is 9.59 Å². The van der Waals surface area contributed by atoms with Crippen LogP contribution in [0.3, 0.4) is 0 Å². The molecule has 1 heterocycles. The maximum atomic E-state index is 12.9. The highest BCUT2D eigenvalue weighted by atomic mass is 35.5. The van der Waals surface area contributed by atoms with Crippen LogP contribution in [-0.2, 0) is 4.79 Å². The van der Waals surface area contributed by atoms with E-state index in [1.807, 2.05) is 19.1 Å². The van der Waals surface area contributed by atoms with Crippen molar-refractivity contribution in [2.75, 3.05) is 6.54 Å². The van der Waals surface area contributed by atoms with Gasteiger partial charge in [0.15, 0.2) is 11.3 Å². The molecule has 23 heavy (non-hydrogen) atoms. The normalized spacial score (nSPS) is 15.6. The maximum Gasteiger partial charge on any atom is 0.308 e. The van der Waals surface area contributed by atoms with Gasteiger partial charge < -0.3 is 14.4 Å². The molecule has 1 N–H and O–H groups in total. The lowest BCUT2D eigenvalue weighted by molar-refractivity contribution is -0.141. The van der Waals surface area contributed by atoms with E-state index >= 15 is 0 Å². The van der Waals surface area contributed by atoms with Crippen LogP contribution in [0.1, 0.15) is 35.9 Å². The molecule has 0 radical (unpaired) electrons. The second-order valence-corrected chi connectivity index (χ2v) is 6.51. The van der Waals surface area contributed by atoms with Gasteiger partial charge in [-0.25, -0.2) is 0 Å². The smallest absolute Gasteiger partial charge is 0.308 e. The quantitative estimate of drug-likeness (QED) is 0.904. The van der Waals surface area contributed by atoms with Gasteiger partial charge >= 0.3 is 5.97 Å². The molecule has 1 fully saturated rings. The molecule has 1 aromatic heterocycles. The van der Waals surface area contributed by atoms with Crippen LogP contribution in [0.2, 0.25) is 5.02 Å². The van der Waals surface area contributed by atoms with Crippen LogP contribution in [0.4, 0.5) is 0 Å². The van der Waals surface area contributed by atoms with Crippen molar-refractivity contribution in [2.24, 2.45) is 5.92 Å². The summed E-state index contributed by atoms with van der Waals surface area (Å²) >= 11 is 6.13. The van der Waals surface area contributed by atoms with Crippen LogP contribution >= 0.6 is 11.6 Å². The molecule has 1 atom stereocenters. The summed E-state index contributed by atoms with van der Waals surface area (Å²) in [7, 11) is 0. The average Bonchev–Trinajstić information content (AvgIpc) is 3.29. The van der Waals surface area contributed by atoms with Gasteiger partial charge in [-0.15, -0.1) is 0 Å². The zero-order valence-electron chi connectivity index (χ0n) is 13.0. The Morgan fingerprint density at radius 1 is 1.43 bits per heavy atom. The largest absolute Gasteiger partial charge is 0.481 e. The van der Waals surface area contributed by atoms with E-state index in [9.17, 15) is 9.59 Å². The van der Waals surface area contributed by atoms with Gasteiger partial charge in [0.2, 0.25) is 0 Å². The molecule has 5 nitrogen and oxygen atoms in total. The van der Waals surface area contributed by atoms with Crippen molar-refractivity contribution < 1.29 is 19.1 Å². The predicted octanol–water partition coefficient (Wildman–Crippen LogP) is 3.72. The minimum Gasteiger partial charge on any atom is -0.481 e. The highest BCUT2D eigenvalue weighted by Crippen LogP contribution is 2.34. The lowest BCUT2D eigenvalue weighted by Gasteiger charge is -2.23. The van der Waals surface area contributed by atoms with Crippen molar-refractivity contribution >= 4 is 34.4 Å². The molecule has 122 valence electrons. The number of para-hydroxylation sites is 1. The van der Waals surface area contributed by atoms with Gasteiger partial charge in [0, 0.05) is 23.5 Å². The fourth-order valence-electron chi connectivity index (χ4n) is 2.70. The highest BCUT2D eigenvalue weighted by Gasteiger charge is 2.37. The molecule has 1 aromatic carbocycles. The van der Waals surface area contributed by atoms with Crippen LogP contribution in [0.15, 0.2) is 22.6 Å². The van der Waals surface area contributed by atoms with Crippen molar-refractivity contribution in [1.82, 2.24) is 4.90 Å². The average molecular weight is 336 g/mol. The molecule has 0 aliphatic heterocycles. The second kappa shape index (κ2) is 5.89. The number of carbonyl (C=O) groups is 2. The molecule has 1 amide bonds. The maximum absolute atomic E-state index is 12.9. The standard InChI is InChI=1S/C17H18ClNO4/c1-9(17(21)22)8-19(11-6-7-11)16(20)14-10(2)12-4-3-5-13(18)15(12)23-14/h3-5,9,11H,6-8H2,1-2H3,(H,21,22). The summed E-state index contributed by atoms with van der Waals surface area (Å²) < 4.78 is 5.72. The van der Waals surface area contributed by atoms with Crippen LogP contribution < -0.4 is 0 Å². The van der Waals surface area contributed by atoms with E-state index in [2.05, 4.69) is 0 Å². The van der Waals surface area contributed by atoms with E-state index in [4.69, 9.17) is 21.1 Å². The van der Waals surface area contributed by atoms with E-state index in [1.165, 1.54) is 0 Å². The lowest BCUT2D eigenvalue weighted by Crippen LogP contribution is -2.38. The first-order chi connectivity index (χ1) is 10.9. The van der Waals surface area contributed by atoms with E-state index < -0.39 is 11.9 Å². The van der Waals surface area contributed by atoms with Crippen LogP contribution in [-0.4, -0.2) is 34.5 Å². The van der Waals surface area contributed by atoms with Crippen LogP contribution in [0, 0.1) is 12.8 Å². The number of carboxylic acids is 1. The number of fused-ring (bicyclic) bond motifs is 1. The van der Waals surface area contributed by atoms with Gasteiger partial charge in [-0.1, -0.05) is 30.7 Å². The monoisotopic (exact) mass is 335 g/mol. The minimum atomic E-state index is -0.909. The third kappa shape index (κ3) is 2.93. The van der Waals surface area contributed by atoms with Gasteiger partial charge in [0.05, 0.1) is 10.9 Å². The van der Waals surface area contributed by atoms with Crippen molar-refractivity contribution in [1.29, 1.82) is 0 Å². The second-order valence-electron chi connectivity index (χ2n) is 6.10. The lowest BCUT2D eigenvalue weighted by atomic mass is 10.1. The number of benzene rings is 1. The Morgan fingerprint density at radius 2 is 2.13 bits per heavy atom. The first-order valence-electron chi connectivity index (χ1n) is 7.61.